The highest BCUT2D eigenvalue weighted by Crippen LogP contribution is 2.08. The van der Waals surface area contributed by atoms with Crippen molar-refractivity contribution in [1.29, 1.82) is 0 Å². The number of amides is 2. The molecule has 160 valence electrons. The maximum atomic E-state index is 12.9. The summed E-state index contributed by atoms with van der Waals surface area (Å²) in [5.74, 6) is -0.0686. The first-order chi connectivity index (χ1) is 14.5. The molecule has 2 amide bonds. The van der Waals surface area contributed by atoms with Crippen LogP contribution in [0.25, 0.3) is 0 Å². The third-order valence-electron chi connectivity index (χ3n) is 5.40. The van der Waals surface area contributed by atoms with Crippen LogP contribution in [0.4, 0.5) is 0 Å². The van der Waals surface area contributed by atoms with Crippen molar-refractivity contribution in [1.82, 2.24) is 24.5 Å². The molecule has 0 saturated carbocycles. The SMILES string of the molecule is CCN(CC)C(=O)CN1CCN(C(=O)c2ccc(=O)n(Cc3ccccc3)n2)CC1. The van der Waals surface area contributed by atoms with Gasteiger partial charge >= 0.3 is 0 Å². The van der Waals surface area contributed by atoms with Gasteiger partial charge in [-0.1, -0.05) is 30.3 Å². The normalized spacial score (nSPS) is 14.5. The van der Waals surface area contributed by atoms with E-state index in [2.05, 4.69) is 10.00 Å². The summed E-state index contributed by atoms with van der Waals surface area (Å²) in [5, 5.41) is 4.29. The number of hydrogen-bond donors (Lipinski definition) is 0. The fourth-order valence-corrected chi connectivity index (χ4v) is 3.57. The second-order valence-corrected chi connectivity index (χ2v) is 7.33. The maximum Gasteiger partial charge on any atom is 0.274 e. The Bertz CT molecular complexity index is 916. The average molecular weight is 412 g/mol. The Morgan fingerprint density at radius 2 is 1.63 bits per heavy atom. The van der Waals surface area contributed by atoms with Gasteiger partial charge in [0.2, 0.25) is 5.91 Å². The standard InChI is InChI=1S/C22H29N5O3/c1-3-25(4-2)21(29)17-24-12-14-26(15-13-24)22(30)19-10-11-20(28)27(23-19)16-18-8-6-5-7-9-18/h5-11H,3-4,12-17H2,1-2H3. The zero-order valence-corrected chi connectivity index (χ0v) is 17.7. The van der Waals surface area contributed by atoms with Crippen molar-refractivity contribution in [3.05, 3.63) is 64.1 Å². The van der Waals surface area contributed by atoms with Gasteiger partial charge in [0.15, 0.2) is 0 Å². The Balaban J connectivity index is 1.60. The van der Waals surface area contributed by atoms with Crippen LogP contribution in [0.1, 0.15) is 29.9 Å². The van der Waals surface area contributed by atoms with E-state index >= 15 is 0 Å². The quantitative estimate of drug-likeness (QED) is 0.677. The first-order valence-electron chi connectivity index (χ1n) is 10.4. The van der Waals surface area contributed by atoms with Gasteiger partial charge in [-0.15, -0.1) is 0 Å². The number of hydrogen-bond acceptors (Lipinski definition) is 5. The van der Waals surface area contributed by atoms with Crippen LogP contribution >= 0.6 is 0 Å². The van der Waals surface area contributed by atoms with Crippen LogP contribution < -0.4 is 5.56 Å². The van der Waals surface area contributed by atoms with Crippen LogP contribution in [0.2, 0.25) is 0 Å². The smallest absolute Gasteiger partial charge is 0.274 e. The molecule has 8 nitrogen and oxygen atoms in total. The molecule has 1 aliphatic heterocycles. The molecule has 1 aliphatic rings. The third kappa shape index (κ3) is 5.33. The number of aromatic nitrogens is 2. The molecule has 1 aromatic carbocycles. The molecule has 1 saturated heterocycles. The Labute approximate surface area is 176 Å². The van der Waals surface area contributed by atoms with Crippen molar-refractivity contribution in [3.8, 4) is 0 Å². The van der Waals surface area contributed by atoms with E-state index < -0.39 is 0 Å². The van der Waals surface area contributed by atoms with Crippen molar-refractivity contribution in [2.24, 2.45) is 0 Å². The molecule has 2 aromatic rings. The van der Waals surface area contributed by atoms with E-state index in [1.165, 1.54) is 16.8 Å². The number of carbonyl (C=O) groups is 2. The number of likely N-dealkylation sites (N-methyl/N-ethyl adjacent to an activating group) is 1. The number of piperazine rings is 1. The van der Waals surface area contributed by atoms with Gasteiger partial charge in [0.05, 0.1) is 13.1 Å². The van der Waals surface area contributed by atoms with Crippen molar-refractivity contribution in [2.45, 2.75) is 20.4 Å². The van der Waals surface area contributed by atoms with E-state index in [1.807, 2.05) is 49.1 Å². The molecule has 0 aliphatic carbocycles. The fraction of sp³-hybridized carbons (Fsp3) is 0.455. The van der Waals surface area contributed by atoms with Crippen molar-refractivity contribution in [2.75, 3.05) is 45.8 Å². The predicted octanol–water partition coefficient (Wildman–Crippen LogP) is 0.918. The van der Waals surface area contributed by atoms with Gasteiger partial charge in [0, 0.05) is 45.3 Å². The van der Waals surface area contributed by atoms with E-state index in [9.17, 15) is 14.4 Å². The van der Waals surface area contributed by atoms with Gasteiger partial charge in [0.25, 0.3) is 11.5 Å². The van der Waals surface area contributed by atoms with E-state index in [0.29, 0.717) is 52.4 Å². The molecule has 0 unspecified atom stereocenters. The topological polar surface area (TPSA) is 78.8 Å². The highest BCUT2D eigenvalue weighted by atomic mass is 16.2. The first-order valence-corrected chi connectivity index (χ1v) is 10.4. The van der Waals surface area contributed by atoms with Gasteiger partial charge in [-0.3, -0.25) is 19.3 Å². The Morgan fingerprint density at radius 1 is 0.967 bits per heavy atom. The molecular weight excluding hydrogens is 382 g/mol. The molecule has 0 bridgehead atoms. The van der Waals surface area contributed by atoms with Crippen LogP contribution in [0.15, 0.2) is 47.3 Å². The molecule has 1 aromatic heterocycles. The molecule has 30 heavy (non-hydrogen) atoms. The van der Waals surface area contributed by atoms with E-state index in [4.69, 9.17) is 0 Å². The van der Waals surface area contributed by atoms with Gasteiger partial charge in [-0.2, -0.15) is 5.10 Å². The minimum Gasteiger partial charge on any atom is -0.342 e. The van der Waals surface area contributed by atoms with Crippen molar-refractivity contribution in [3.63, 3.8) is 0 Å². The molecular formula is C22H29N5O3. The summed E-state index contributed by atoms with van der Waals surface area (Å²) in [6.07, 6.45) is 0. The predicted molar refractivity (Wildman–Crippen MR) is 114 cm³/mol. The zero-order chi connectivity index (χ0) is 21.5. The molecule has 1 fully saturated rings. The van der Waals surface area contributed by atoms with E-state index in [-0.39, 0.29) is 23.1 Å². The number of nitrogens with zero attached hydrogens (tertiary/aromatic N) is 5. The molecule has 0 atom stereocenters. The van der Waals surface area contributed by atoms with Crippen LogP contribution in [0.3, 0.4) is 0 Å². The highest BCUT2D eigenvalue weighted by Gasteiger charge is 2.25. The lowest BCUT2D eigenvalue weighted by atomic mass is 10.2. The number of carbonyl (C=O) groups excluding carboxylic acids is 2. The first kappa shape index (κ1) is 21.7. The van der Waals surface area contributed by atoms with Gasteiger partial charge in [-0.05, 0) is 25.5 Å². The lowest BCUT2D eigenvalue weighted by Gasteiger charge is -2.35. The monoisotopic (exact) mass is 411 g/mol. The fourth-order valence-electron chi connectivity index (χ4n) is 3.57. The van der Waals surface area contributed by atoms with Gasteiger partial charge in [0.1, 0.15) is 5.69 Å². The molecule has 0 spiro atoms. The van der Waals surface area contributed by atoms with Crippen LogP contribution in [0.5, 0.6) is 0 Å². The largest absolute Gasteiger partial charge is 0.342 e. The molecule has 2 heterocycles. The Hall–Kier alpha value is -3.00. The Kier molecular flexibility index (Phi) is 7.35. The molecule has 8 heteroatoms. The van der Waals surface area contributed by atoms with Gasteiger partial charge < -0.3 is 9.80 Å². The summed E-state index contributed by atoms with van der Waals surface area (Å²) in [6.45, 7) is 8.41. The third-order valence-corrected chi connectivity index (χ3v) is 5.40. The molecule has 0 radical (unpaired) electrons. The zero-order valence-electron chi connectivity index (χ0n) is 17.7. The molecule has 3 rings (SSSR count). The second-order valence-electron chi connectivity index (χ2n) is 7.33. The maximum absolute atomic E-state index is 12.9. The number of benzene rings is 1. The van der Waals surface area contributed by atoms with Crippen LogP contribution in [0, 0.1) is 0 Å². The summed E-state index contributed by atoms with van der Waals surface area (Å²) in [4.78, 5) is 43.0. The average Bonchev–Trinajstić information content (AvgIpc) is 2.77. The summed E-state index contributed by atoms with van der Waals surface area (Å²) < 4.78 is 1.32. The lowest BCUT2D eigenvalue weighted by molar-refractivity contribution is -0.132. The van der Waals surface area contributed by atoms with Gasteiger partial charge in [-0.25, -0.2) is 4.68 Å². The van der Waals surface area contributed by atoms with Crippen LogP contribution in [-0.2, 0) is 11.3 Å². The summed E-state index contributed by atoms with van der Waals surface area (Å²) >= 11 is 0. The second kappa shape index (κ2) is 10.2. The summed E-state index contributed by atoms with van der Waals surface area (Å²) in [6, 6.07) is 12.4. The van der Waals surface area contributed by atoms with Crippen molar-refractivity contribution < 1.29 is 9.59 Å². The van der Waals surface area contributed by atoms with E-state index in [1.54, 1.807) is 4.90 Å². The Morgan fingerprint density at radius 3 is 2.27 bits per heavy atom. The van der Waals surface area contributed by atoms with E-state index in [0.717, 1.165) is 5.56 Å². The summed E-state index contributed by atoms with van der Waals surface area (Å²) in [5.41, 5.74) is 0.969. The molecule has 0 N–H and O–H groups in total. The minimum absolute atomic E-state index is 0.120. The number of rotatable bonds is 7. The van der Waals surface area contributed by atoms with Crippen molar-refractivity contribution >= 4 is 11.8 Å². The van der Waals surface area contributed by atoms with Crippen LogP contribution in [-0.4, -0.2) is 82.1 Å². The minimum atomic E-state index is -0.241. The summed E-state index contributed by atoms with van der Waals surface area (Å²) in [7, 11) is 0. The highest BCUT2D eigenvalue weighted by molar-refractivity contribution is 5.92. The lowest BCUT2D eigenvalue weighted by Crippen LogP contribution is -2.51.